The molecule has 0 saturated carbocycles. The molecule has 2 atom stereocenters. The molecule has 0 aromatic carbocycles. The third-order valence-corrected chi connectivity index (χ3v) is 3.90. The fourth-order valence-electron chi connectivity index (χ4n) is 2.57. The molecule has 0 aliphatic rings. The zero-order valence-corrected chi connectivity index (χ0v) is 13.9. The number of rotatable bonds is 14. The summed E-state index contributed by atoms with van der Waals surface area (Å²) in [5, 5.41) is 21.6. The van der Waals surface area contributed by atoms with Crippen molar-refractivity contribution in [2.24, 2.45) is 0 Å². The monoisotopic (exact) mass is 301 g/mol. The molecular formula is C17H35NO3. The van der Waals surface area contributed by atoms with E-state index in [0.717, 1.165) is 12.8 Å². The van der Waals surface area contributed by atoms with Crippen molar-refractivity contribution < 1.29 is 15.0 Å². The molecular weight excluding hydrogens is 266 g/mol. The van der Waals surface area contributed by atoms with Crippen LogP contribution in [0.4, 0.5) is 0 Å². The van der Waals surface area contributed by atoms with Gasteiger partial charge < -0.3 is 15.5 Å². The van der Waals surface area contributed by atoms with Crippen molar-refractivity contribution in [3.8, 4) is 0 Å². The Balaban J connectivity index is 3.42. The lowest BCUT2D eigenvalue weighted by molar-refractivity contribution is -0.121. The van der Waals surface area contributed by atoms with Gasteiger partial charge in [-0.05, 0) is 6.42 Å². The first kappa shape index (κ1) is 20.4. The van der Waals surface area contributed by atoms with E-state index in [0.29, 0.717) is 6.42 Å². The molecule has 0 aliphatic heterocycles. The summed E-state index contributed by atoms with van der Waals surface area (Å²) in [6, 6.07) is -0.527. The Hall–Kier alpha value is -0.610. The lowest BCUT2D eigenvalue weighted by Gasteiger charge is -2.21. The van der Waals surface area contributed by atoms with Gasteiger partial charge in [-0.3, -0.25) is 4.79 Å². The van der Waals surface area contributed by atoms with E-state index in [4.69, 9.17) is 5.11 Å². The molecule has 0 aliphatic carbocycles. The Morgan fingerprint density at radius 3 is 1.86 bits per heavy atom. The van der Waals surface area contributed by atoms with E-state index < -0.39 is 12.1 Å². The summed E-state index contributed by atoms with van der Waals surface area (Å²) >= 11 is 0. The van der Waals surface area contributed by atoms with Crippen LogP contribution in [0.2, 0.25) is 0 Å². The SMILES string of the molecule is CCCCCCCCCCCCC(O)C(CO)NC(C)=O. The van der Waals surface area contributed by atoms with Crippen molar-refractivity contribution in [2.75, 3.05) is 6.61 Å². The van der Waals surface area contributed by atoms with Gasteiger partial charge in [0.1, 0.15) is 0 Å². The third-order valence-electron chi connectivity index (χ3n) is 3.90. The van der Waals surface area contributed by atoms with Crippen LogP contribution in [0.25, 0.3) is 0 Å². The Morgan fingerprint density at radius 2 is 1.43 bits per heavy atom. The van der Waals surface area contributed by atoms with Crippen LogP contribution < -0.4 is 5.32 Å². The summed E-state index contributed by atoms with van der Waals surface area (Å²) in [7, 11) is 0. The van der Waals surface area contributed by atoms with Crippen molar-refractivity contribution in [1.29, 1.82) is 0 Å². The summed E-state index contributed by atoms with van der Waals surface area (Å²) in [6.07, 6.45) is 12.6. The maximum atomic E-state index is 10.9. The minimum Gasteiger partial charge on any atom is -0.394 e. The average Bonchev–Trinajstić information content (AvgIpc) is 2.46. The topological polar surface area (TPSA) is 69.6 Å². The molecule has 126 valence electrons. The molecule has 0 bridgehead atoms. The number of amides is 1. The lowest BCUT2D eigenvalue weighted by Crippen LogP contribution is -2.44. The number of nitrogens with one attached hydrogen (secondary N) is 1. The number of aliphatic hydroxyl groups excluding tert-OH is 2. The van der Waals surface area contributed by atoms with Crippen molar-refractivity contribution in [3.05, 3.63) is 0 Å². The summed E-state index contributed by atoms with van der Waals surface area (Å²) in [6.45, 7) is 3.43. The standard InChI is InChI=1S/C17H35NO3/c1-3-4-5-6-7-8-9-10-11-12-13-17(21)16(14-19)18-15(2)20/h16-17,19,21H,3-14H2,1-2H3,(H,18,20). The first-order valence-electron chi connectivity index (χ1n) is 8.67. The van der Waals surface area contributed by atoms with Gasteiger partial charge in [-0.15, -0.1) is 0 Å². The van der Waals surface area contributed by atoms with Gasteiger partial charge in [-0.2, -0.15) is 0 Å². The molecule has 2 unspecified atom stereocenters. The van der Waals surface area contributed by atoms with Crippen molar-refractivity contribution in [2.45, 2.75) is 96.6 Å². The van der Waals surface area contributed by atoms with Gasteiger partial charge in [-0.1, -0.05) is 71.1 Å². The lowest BCUT2D eigenvalue weighted by atomic mass is 10.0. The highest BCUT2D eigenvalue weighted by molar-refractivity contribution is 5.73. The molecule has 0 radical (unpaired) electrons. The first-order chi connectivity index (χ1) is 10.1. The second-order valence-electron chi connectivity index (χ2n) is 6.03. The van der Waals surface area contributed by atoms with Gasteiger partial charge in [0.25, 0.3) is 0 Å². The Kier molecular flexibility index (Phi) is 13.9. The highest BCUT2D eigenvalue weighted by Gasteiger charge is 2.18. The van der Waals surface area contributed by atoms with Crippen LogP contribution >= 0.6 is 0 Å². The fraction of sp³-hybridized carbons (Fsp3) is 0.941. The summed E-state index contributed by atoms with van der Waals surface area (Å²) in [4.78, 5) is 10.9. The van der Waals surface area contributed by atoms with Gasteiger partial charge in [0.05, 0.1) is 18.8 Å². The summed E-state index contributed by atoms with van der Waals surface area (Å²) in [5.41, 5.74) is 0. The van der Waals surface area contributed by atoms with Crippen LogP contribution in [0.15, 0.2) is 0 Å². The van der Waals surface area contributed by atoms with Crippen LogP contribution in [0.5, 0.6) is 0 Å². The molecule has 4 heteroatoms. The third kappa shape index (κ3) is 12.8. The van der Waals surface area contributed by atoms with Gasteiger partial charge in [0.2, 0.25) is 5.91 Å². The normalized spacial score (nSPS) is 13.9. The van der Waals surface area contributed by atoms with E-state index in [-0.39, 0.29) is 12.5 Å². The minimum absolute atomic E-state index is 0.210. The predicted molar refractivity (Wildman–Crippen MR) is 87.2 cm³/mol. The molecule has 0 fully saturated rings. The molecule has 21 heavy (non-hydrogen) atoms. The maximum absolute atomic E-state index is 10.9. The molecule has 4 nitrogen and oxygen atoms in total. The Bertz CT molecular complexity index is 246. The van der Waals surface area contributed by atoms with E-state index in [1.54, 1.807) is 0 Å². The maximum Gasteiger partial charge on any atom is 0.217 e. The van der Waals surface area contributed by atoms with E-state index in [1.165, 1.54) is 58.3 Å². The van der Waals surface area contributed by atoms with Crippen LogP contribution in [0, 0.1) is 0 Å². The largest absolute Gasteiger partial charge is 0.394 e. The molecule has 3 N–H and O–H groups in total. The molecule has 0 heterocycles. The molecule has 1 amide bonds. The Labute approximate surface area is 130 Å². The van der Waals surface area contributed by atoms with Crippen LogP contribution in [-0.2, 0) is 4.79 Å². The van der Waals surface area contributed by atoms with Gasteiger partial charge in [0, 0.05) is 6.92 Å². The van der Waals surface area contributed by atoms with Crippen molar-refractivity contribution in [3.63, 3.8) is 0 Å². The quantitative estimate of drug-likeness (QED) is 0.432. The molecule has 0 rings (SSSR count). The first-order valence-corrected chi connectivity index (χ1v) is 8.67. The second-order valence-corrected chi connectivity index (χ2v) is 6.03. The average molecular weight is 301 g/mol. The zero-order chi connectivity index (χ0) is 15.9. The summed E-state index contributed by atoms with van der Waals surface area (Å²) in [5.74, 6) is -0.212. The molecule has 0 spiro atoms. The van der Waals surface area contributed by atoms with E-state index in [1.807, 2.05) is 0 Å². The van der Waals surface area contributed by atoms with Gasteiger partial charge >= 0.3 is 0 Å². The number of carbonyl (C=O) groups is 1. The van der Waals surface area contributed by atoms with E-state index in [2.05, 4.69) is 12.2 Å². The number of hydrogen-bond acceptors (Lipinski definition) is 3. The van der Waals surface area contributed by atoms with E-state index in [9.17, 15) is 9.90 Å². The Morgan fingerprint density at radius 1 is 0.952 bits per heavy atom. The fourth-order valence-corrected chi connectivity index (χ4v) is 2.57. The van der Waals surface area contributed by atoms with Crippen LogP contribution in [-0.4, -0.2) is 34.9 Å². The van der Waals surface area contributed by atoms with Crippen molar-refractivity contribution in [1.82, 2.24) is 5.32 Å². The molecule has 0 aromatic rings. The highest BCUT2D eigenvalue weighted by Crippen LogP contribution is 2.12. The number of aliphatic hydroxyl groups is 2. The molecule has 0 aromatic heterocycles. The van der Waals surface area contributed by atoms with Gasteiger partial charge in [0.15, 0.2) is 0 Å². The summed E-state index contributed by atoms with van der Waals surface area (Å²) < 4.78 is 0. The second kappa shape index (κ2) is 14.3. The van der Waals surface area contributed by atoms with Gasteiger partial charge in [-0.25, -0.2) is 0 Å². The zero-order valence-electron chi connectivity index (χ0n) is 13.9. The number of unbranched alkanes of at least 4 members (excludes halogenated alkanes) is 9. The van der Waals surface area contributed by atoms with Crippen molar-refractivity contribution >= 4 is 5.91 Å². The van der Waals surface area contributed by atoms with E-state index >= 15 is 0 Å². The van der Waals surface area contributed by atoms with Crippen LogP contribution in [0.3, 0.4) is 0 Å². The molecule has 0 saturated heterocycles. The number of carbonyl (C=O) groups excluding carboxylic acids is 1. The smallest absolute Gasteiger partial charge is 0.217 e. The predicted octanol–water partition coefficient (Wildman–Crippen LogP) is 3.16. The van der Waals surface area contributed by atoms with Crippen LogP contribution in [0.1, 0.15) is 84.5 Å². The highest BCUT2D eigenvalue weighted by atomic mass is 16.3. The number of hydrogen-bond donors (Lipinski definition) is 3. The minimum atomic E-state index is -0.645.